The zero-order valence-corrected chi connectivity index (χ0v) is 61.2. The third-order valence-electron chi connectivity index (χ3n) is 15.1. The van der Waals surface area contributed by atoms with Gasteiger partial charge in [-0.1, -0.05) is 311 Å². The van der Waals surface area contributed by atoms with Crippen LogP contribution in [0.3, 0.4) is 0 Å². The number of phosphoric ester groups is 1. The Hall–Kier alpha value is -5.15. The van der Waals surface area contributed by atoms with Crippen molar-refractivity contribution in [1.29, 1.82) is 0 Å². The molecular weight excluding hydrogens is 1180 g/mol. The maximum absolute atomic E-state index is 12.9. The van der Waals surface area contributed by atoms with Crippen molar-refractivity contribution in [2.45, 2.75) is 277 Å². The van der Waals surface area contributed by atoms with Crippen molar-refractivity contribution in [3.05, 3.63) is 194 Å². The van der Waals surface area contributed by atoms with Crippen LogP contribution in [-0.4, -0.2) is 70.0 Å². The van der Waals surface area contributed by atoms with Crippen LogP contribution in [0.5, 0.6) is 0 Å². The van der Waals surface area contributed by atoms with Gasteiger partial charge < -0.3 is 27.9 Å². The average Bonchev–Trinajstić information content (AvgIpc) is 1.57. The Morgan fingerprint density at radius 3 is 0.851 bits per heavy atom. The first-order chi connectivity index (χ1) is 46.0. The zero-order chi connectivity index (χ0) is 68.3. The SMILES string of the molecule is CC/C=C\C/C=C\C/C=C\C/C=C\C/C=C\C/C=C\C/C=C\C/C=C\C/C=C\CCCCCCCCCCCCCCCC(=O)OC(COC(=O)CCCCCCCCC/C=C\C/C=C\C/C=C\C/C=C\C/C=C\C/C=C\C/C=C\CC)COP(=O)([O-])OCC[N+](C)(C)C. The standard InChI is InChI=1S/C84H136NO8P/c1-6-8-10-12-14-16-18-20-22-24-26-28-30-32-34-36-37-38-39-40-41-42-43-44-45-46-47-49-51-53-55-57-59-61-63-65-67-69-71-73-75-77-84(87)93-82(81-92-94(88,89)91-79-78-85(3,4)5)80-90-83(86)76-74-72-70-68-66-64-62-60-58-56-54-52-50-48-35-33-31-29-27-25-23-21-19-17-15-13-11-9-7-2/h8-11,14-17,20-23,26-29,32-35,37-38,40-41,43-44,46-47,50,52,56,58,82H,6-7,12-13,18-19,24-25,30-31,36,39,42,45,48-49,51,53-55,57,59-81H2,1-5H3/b10-8-,11-9-,16-14-,17-15-,22-20-,23-21-,28-26-,29-27-,34-32-,35-33-,38-37-,41-40-,44-43-,47-46-,52-50-,58-56-. The number of carbonyl (C=O) groups is 2. The van der Waals surface area contributed by atoms with Crippen molar-refractivity contribution < 1.29 is 42.1 Å². The Bertz CT molecular complexity index is 2290. The molecule has 0 radical (unpaired) electrons. The number of likely N-dealkylation sites (N-methyl/N-ethyl adjacent to an activating group) is 1. The van der Waals surface area contributed by atoms with Crippen molar-refractivity contribution in [2.24, 2.45) is 0 Å². The number of phosphoric acid groups is 1. The highest BCUT2D eigenvalue weighted by atomic mass is 31.2. The molecule has 0 N–H and O–H groups in total. The van der Waals surface area contributed by atoms with Gasteiger partial charge in [0.25, 0.3) is 7.82 Å². The van der Waals surface area contributed by atoms with Gasteiger partial charge in [0, 0.05) is 12.8 Å². The van der Waals surface area contributed by atoms with Gasteiger partial charge in [0.1, 0.15) is 19.8 Å². The van der Waals surface area contributed by atoms with E-state index in [1.54, 1.807) is 0 Å². The molecule has 2 unspecified atom stereocenters. The second kappa shape index (κ2) is 72.1. The van der Waals surface area contributed by atoms with Gasteiger partial charge in [-0.2, -0.15) is 0 Å². The van der Waals surface area contributed by atoms with Gasteiger partial charge in [-0.05, 0) is 141 Å². The topological polar surface area (TPSA) is 111 Å². The van der Waals surface area contributed by atoms with Crippen molar-refractivity contribution in [3.8, 4) is 0 Å². The highest BCUT2D eigenvalue weighted by Gasteiger charge is 2.22. The molecule has 0 spiro atoms. The highest BCUT2D eigenvalue weighted by Crippen LogP contribution is 2.38. The smallest absolute Gasteiger partial charge is 0.306 e. The van der Waals surface area contributed by atoms with Gasteiger partial charge in [-0.15, -0.1) is 0 Å². The molecule has 0 aliphatic carbocycles. The lowest BCUT2D eigenvalue weighted by atomic mass is 10.0. The Labute approximate surface area is 577 Å². The van der Waals surface area contributed by atoms with Crippen LogP contribution in [0.15, 0.2) is 194 Å². The number of allylic oxidation sites excluding steroid dienone is 32. The molecule has 0 aromatic carbocycles. The lowest BCUT2D eigenvalue weighted by Crippen LogP contribution is -2.37. The molecule has 10 heteroatoms. The third-order valence-corrected chi connectivity index (χ3v) is 16.1. The second-order valence-electron chi connectivity index (χ2n) is 25.2. The summed E-state index contributed by atoms with van der Waals surface area (Å²) in [5.41, 5.74) is 0. The minimum atomic E-state index is -4.66. The minimum Gasteiger partial charge on any atom is -0.756 e. The Balaban J connectivity index is 4.10. The molecule has 0 aliphatic rings. The van der Waals surface area contributed by atoms with Crippen LogP contribution in [0, 0.1) is 0 Å². The van der Waals surface area contributed by atoms with Crippen LogP contribution in [0.4, 0.5) is 0 Å². The van der Waals surface area contributed by atoms with E-state index in [0.29, 0.717) is 23.9 Å². The van der Waals surface area contributed by atoms with E-state index in [2.05, 4.69) is 208 Å². The molecule has 94 heavy (non-hydrogen) atoms. The van der Waals surface area contributed by atoms with Crippen molar-refractivity contribution >= 4 is 19.8 Å². The van der Waals surface area contributed by atoms with E-state index in [1.165, 1.54) is 83.5 Å². The summed E-state index contributed by atoms with van der Waals surface area (Å²) in [4.78, 5) is 38.1. The number of hydrogen-bond donors (Lipinski definition) is 0. The molecule has 0 aromatic heterocycles. The van der Waals surface area contributed by atoms with Crippen LogP contribution >= 0.6 is 7.82 Å². The van der Waals surface area contributed by atoms with E-state index in [-0.39, 0.29) is 26.1 Å². The largest absolute Gasteiger partial charge is 0.756 e. The summed E-state index contributed by atoms with van der Waals surface area (Å²) in [6.45, 7) is 3.99. The van der Waals surface area contributed by atoms with Gasteiger partial charge in [-0.25, -0.2) is 0 Å². The van der Waals surface area contributed by atoms with Gasteiger partial charge in [0.15, 0.2) is 6.10 Å². The predicted octanol–water partition coefficient (Wildman–Crippen LogP) is 24.2. The van der Waals surface area contributed by atoms with Crippen molar-refractivity contribution in [3.63, 3.8) is 0 Å². The van der Waals surface area contributed by atoms with Crippen LogP contribution in [-0.2, 0) is 32.7 Å². The van der Waals surface area contributed by atoms with Crippen molar-refractivity contribution in [2.75, 3.05) is 47.5 Å². The van der Waals surface area contributed by atoms with Crippen LogP contribution in [0.2, 0.25) is 0 Å². The number of nitrogens with zero attached hydrogens (tertiary/aromatic N) is 1. The van der Waals surface area contributed by atoms with Gasteiger partial charge in [0.05, 0.1) is 27.7 Å². The third kappa shape index (κ3) is 75.9. The van der Waals surface area contributed by atoms with Gasteiger partial charge >= 0.3 is 11.9 Å². The summed E-state index contributed by atoms with van der Waals surface area (Å²) < 4.78 is 34.3. The van der Waals surface area contributed by atoms with Crippen LogP contribution in [0.25, 0.3) is 0 Å². The molecule has 0 amide bonds. The molecule has 0 aliphatic heterocycles. The summed E-state index contributed by atoms with van der Waals surface area (Å²) in [5, 5.41) is 0. The molecule has 9 nitrogen and oxygen atoms in total. The number of ether oxygens (including phenoxy) is 2. The molecular formula is C84H136NO8P. The predicted molar refractivity (Wildman–Crippen MR) is 406 cm³/mol. The monoisotopic (exact) mass is 1320 g/mol. The lowest BCUT2D eigenvalue weighted by Gasteiger charge is -2.28. The van der Waals surface area contributed by atoms with Crippen LogP contribution < -0.4 is 4.89 Å². The normalized spacial score (nSPS) is 14.2. The van der Waals surface area contributed by atoms with E-state index in [4.69, 9.17) is 18.5 Å². The Kier molecular flexibility index (Phi) is 68.2. The lowest BCUT2D eigenvalue weighted by molar-refractivity contribution is -0.870. The summed E-state index contributed by atoms with van der Waals surface area (Å²) in [5.74, 6) is -0.857. The van der Waals surface area contributed by atoms with Gasteiger partial charge in [-0.3, -0.25) is 14.2 Å². The molecule has 0 bridgehead atoms. The fourth-order valence-electron chi connectivity index (χ4n) is 9.51. The maximum Gasteiger partial charge on any atom is 0.306 e. The first kappa shape index (κ1) is 88.8. The van der Waals surface area contributed by atoms with E-state index >= 15 is 0 Å². The van der Waals surface area contributed by atoms with E-state index in [9.17, 15) is 19.0 Å². The van der Waals surface area contributed by atoms with E-state index in [0.717, 1.165) is 148 Å². The molecule has 530 valence electrons. The maximum atomic E-state index is 12.9. The molecule has 2 atom stereocenters. The quantitative estimate of drug-likeness (QED) is 0.0195. The summed E-state index contributed by atoms with van der Waals surface area (Å²) in [6, 6.07) is 0. The summed E-state index contributed by atoms with van der Waals surface area (Å²) in [7, 11) is 1.14. The number of carbonyl (C=O) groups excluding carboxylic acids is 2. The first-order valence-electron chi connectivity index (χ1n) is 37.1. The average molecular weight is 1320 g/mol. The summed E-state index contributed by atoms with van der Waals surface area (Å²) >= 11 is 0. The second-order valence-corrected chi connectivity index (χ2v) is 26.6. The van der Waals surface area contributed by atoms with Gasteiger partial charge in [0.2, 0.25) is 0 Å². The van der Waals surface area contributed by atoms with Crippen LogP contribution in [0.1, 0.15) is 271 Å². The molecule has 0 rings (SSSR count). The molecule has 0 saturated carbocycles. The van der Waals surface area contributed by atoms with E-state index < -0.39 is 32.5 Å². The number of unbranched alkanes of at least 4 members (excludes halogenated alkanes) is 20. The minimum absolute atomic E-state index is 0.0424. The number of rotatable bonds is 66. The number of quaternary nitrogens is 1. The molecule has 0 fully saturated rings. The number of esters is 2. The molecule has 0 aromatic rings. The van der Waals surface area contributed by atoms with Crippen molar-refractivity contribution in [1.82, 2.24) is 0 Å². The molecule has 0 saturated heterocycles. The van der Waals surface area contributed by atoms with E-state index in [1.807, 2.05) is 21.1 Å². The fourth-order valence-corrected chi connectivity index (χ4v) is 10.2. The Morgan fingerprint density at radius 1 is 0.330 bits per heavy atom. The fraction of sp³-hybridized carbons (Fsp3) is 0.595. The number of hydrogen-bond acceptors (Lipinski definition) is 8. The first-order valence-corrected chi connectivity index (χ1v) is 38.6. The highest BCUT2D eigenvalue weighted by molar-refractivity contribution is 7.45. The zero-order valence-electron chi connectivity index (χ0n) is 60.3. The summed E-state index contributed by atoms with van der Waals surface area (Å²) in [6.07, 6.45) is 112. The Morgan fingerprint density at radius 2 is 0.574 bits per heavy atom. The molecule has 0 heterocycles.